The maximum absolute atomic E-state index is 4.79. The van der Waals surface area contributed by atoms with Gasteiger partial charge in [-0.2, -0.15) is 0 Å². The molecule has 3 aromatic rings. The van der Waals surface area contributed by atoms with Gasteiger partial charge in [0.2, 0.25) is 0 Å². The maximum atomic E-state index is 4.79. The number of anilines is 1. The number of piperazine rings is 1. The topological polar surface area (TPSA) is 32.6 Å². The molecule has 0 spiro atoms. The number of hydrogen-bond donors (Lipinski definition) is 1. The van der Waals surface area contributed by atoms with E-state index in [0.717, 1.165) is 37.5 Å². The summed E-state index contributed by atoms with van der Waals surface area (Å²) in [5.74, 6) is 1.23. The lowest BCUT2D eigenvalue weighted by Gasteiger charge is -2.29. The predicted octanol–water partition coefficient (Wildman–Crippen LogP) is 2.72. The van der Waals surface area contributed by atoms with Crippen molar-refractivity contribution in [1.82, 2.24) is 14.7 Å². The smallest absolute Gasteiger partial charge is 0.139 e. The number of pyridine rings is 1. The Bertz CT molecular complexity index is 782. The zero-order valence-corrected chi connectivity index (χ0v) is 12.8. The van der Waals surface area contributed by atoms with Crippen LogP contribution in [0.2, 0.25) is 0 Å². The van der Waals surface area contributed by atoms with Crippen LogP contribution in [0.25, 0.3) is 16.9 Å². The summed E-state index contributed by atoms with van der Waals surface area (Å²) in [6.07, 6.45) is 2.15. The Hall–Kier alpha value is -2.33. The maximum Gasteiger partial charge on any atom is 0.139 e. The lowest BCUT2D eigenvalue weighted by atomic mass is 10.1. The minimum absolute atomic E-state index is 1.01. The predicted molar refractivity (Wildman–Crippen MR) is 90.4 cm³/mol. The van der Waals surface area contributed by atoms with Crippen molar-refractivity contribution in [3.63, 3.8) is 0 Å². The minimum Gasteiger partial charge on any atom is -0.355 e. The number of benzene rings is 1. The van der Waals surface area contributed by atoms with Crippen molar-refractivity contribution in [1.29, 1.82) is 0 Å². The van der Waals surface area contributed by atoms with E-state index in [4.69, 9.17) is 4.98 Å². The van der Waals surface area contributed by atoms with Gasteiger partial charge in [0.15, 0.2) is 0 Å². The molecule has 3 heterocycles. The molecule has 2 aromatic heterocycles. The molecule has 4 nitrogen and oxygen atoms in total. The normalized spacial score (nSPS) is 15.4. The van der Waals surface area contributed by atoms with Crippen LogP contribution < -0.4 is 10.2 Å². The summed E-state index contributed by atoms with van der Waals surface area (Å²) in [6, 6.07) is 14.9. The molecular weight excluding hydrogens is 272 g/mol. The second-order valence-corrected chi connectivity index (χ2v) is 5.84. The van der Waals surface area contributed by atoms with Gasteiger partial charge in [0.05, 0.1) is 5.69 Å². The van der Waals surface area contributed by atoms with Crippen LogP contribution in [0.1, 0.15) is 5.56 Å². The quantitative estimate of drug-likeness (QED) is 0.788. The fourth-order valence-electron chi connectivity index (χ4n) is 3.01. The first-order valence-corrected chi connectivity index (χ1v) is 7.82. The molecule has 0 saturated carbocycles. The van der Waals surface area contributed by atoms with Gasteiger partial charge in [0, 0.05) is 37.9 Å². The van der Waals surface area contributed by atoms with E-state index in [9.17, 15) is 0 Å². The van der Waals surface area contributed by atoms with E-state index in [1.807, 2.05) is 0 Å². The molecule has 1 saturated heterocycles. The largest absolute Gasteiger partial charge is 0.355 e. The van der Waals surface area contributed by atoms with Crippen molar-refractivity contribution in [3.05, 3.63) is 54.2 Å². The number of nitrogens with zero attached hydrogens (tertiary/aromatic N) is 3. The Kier molecular flexibility index (Phi) is 3.31. The third-order valence-electron chi connectivity index (χ3n) is 4.26. The minimum atomic E-state index is 1.01. The van der Waals surface area contributed by atoms with Crippen molar-refractivity contribution < 1.29 is 0 Å². The van der Waals surface area contributed by atoms with Crippen molar-refractivity contribution in [2.75, 3.05) is 31.1 Å². The fraction of sp³-hybridized carbons (Fsp3) is 0.278. The van der Waals surface area contributed by atoms with Crippen molar-refractivity contribution in [2.24, 2.45) is 0 Å². The van der Waals surface area contributed by atoms with Crippen molar-refractivity contribution in [3.8, 4) is 11.3 Å². The van der Waals surface area contributed by atoms with Crippen LogP contribution >= 0.6 is 0 Å². The molecule has 112 valence electrons. The molecule has 22 heavy (non-hydrogen) atoms. The second-order valence-electron chi connectivity index (χ2n) is 5.84. The molecule has 0 amide bonds. The zero-order valence-electron chi connectivity index (χ0n) is 12.8. The summed E-state index contributed by atoms with van der Waals surface area (Å²) in [5, 5.41) is 3.40. The summed E-state index contributed by atoms with van der Waals surface area (Å²) >= 11 is 0. The van der Waals surface area contributed by atoms with Crippen LogP contribution in [0.15, 0.2) is 48.7 Å². The number of aryl methyl sites for hydroxylation is 1. The van der Waals surface area contributed by atoms with Gasteiger partial charge in [-0.3, -0.25) is 4.40 Å². The third-order valence-corrected chi connectivity index (χ3v) is 4.26. The fourth-order valence-corrected chi connectivity index (χ4v) is 3.01. The lowest BCUT2D eigenvalue weighted by molar-refractivity contribution is 0.583. The molecule has 0 bridgehead atoms. The van der Waals surface area contributed by atoms with E-state index in [0.29, 0.717) is 0 Å². The van der Waals surface area contributed by atoms with Gasteiger partial charge in [-0.15, -0.1) is 0 Å². The molecule has 4 heteroatoms. The summed E-state index contributed by atoms with van der Waals surface area (Å²) < 4.78 is 2.21. The van der Waals surface area contributed by atoms with Gasteiger partial charge in [-0.25, -0.2) is 4.98 Å². The number of rotatable bonds is 2. The molecule has 0 radical (unpaired) electrons. The highest BCUT2D eigenvalue weighted by molar-refractivity contribution is 5.65. The molecule has 0 aliphatic carbocycles. The average Bonchev–Trinajstić information content (AvgIpc) is 3.00. The van der Waals surface area contributed by atoms with Crippen LogP contribution in [-0.4, -0.2) is 35.6 Å². The van der Waals surface area contributed by atoms with Gasteiger partial charge >= 0.3 is 0 Å². The van der Waals surface area contributed by atoms with Gasteiger partial charge in [0.1, 0.15) is 11.5 Å². The Labute approximate surface area is 130 Å². The first-order chi connectivity index (χ1) is 10.8. The van der Waals surface area contributed by atoms with E-state index in [2.05, 4.69) is 70.2 Å². The van der Waals surface area contributed by atoms with Crippen LogP contribution in [0.4, 0.5) is 5.82 Å². The second kappa shape index (κ2) is 5.46. The number of imidazole rings is 1. The molecule has 1 fully saturated rings. The highest BCUT2D eigenvalue weighted by Gasteiger charge is 2.14. The van der Waals surface area contributed by atoms with Crippen molar-refractivity contribution in [2.45, 2.75) is 6.92 Å². The Morgan fingerprint density at radius 3 is 2.55 bits per heavy atom. The zero-order chi connectivity index (χ0) is 14.9. The van der Waals surface area contributed by atoms with Gasteiger partial charge in [0.25, 0.3) is 0 Å². The molecule has 1 aliphatic heterocycles. The highest BCUT2D eigenvalue weighted by atomic mass is 15.3. The van der Waals surface area contributed by atoms with Gasteiger partial charge in [-0.05, 0) is 19.1 Å². The van der Waals surface area contributed by atoms with Crippen LogP contribution in [0, 0.1) is 6.92 Å². The summed E-state index contributed by atoms with van der Waals surface area (Å²) in [7, 11) is 0. The molecule has 0 atom stereocenters. The van der Waals surface area contributed by atoms with E-state index >= 15 is 0 Å². The molecule has 1 aromatic carbocycles. The SMILES string of the molecule is Cc1ccc(-c2cn3c(N4CCNCC4)cccc3n2)cc1. The Morgan fingerprint density at radius 1 is 1.00 bits per heavy atom. The van der Waals surface area contributed by atoms with Crippen LogP contribution in [0.3, 0.4) is 0 Å². The van der Waals surface area contributed by atoms with Gasteiger partial charge < -0.3 is 10.2 Å². The van der Waals surface area contributed by atoms with Gasteiger partial charge in [-0.1, -0.05) is 35.9 Å². The van der Waals surface area contributed by atoms with E-state index in [1.165, 1.54) is 16.9 Å². The first kappa shape index (κ1) is 13.3. The van der Waals surface area contributed by atoms with Crippen molar-refractivity contribution >= 4 is 11.5 Å². The third kappa shape index (κ3) is 2.35. The summed E-state index contributed by atoms with van der Waals surface area (Å²) in [4.78, 5) is 7.21. The molecular formula is C18H20N4. The van der Waals surface area contributed by atoms with E-state index in [1.54, 1.807) is 0 Å². The summed E-state index contributed by atoms with van der Waals surface area (Å²) in [5.41, 5.74) is 4.48. The van der Waals surface area contributed by atoms with Crippen LogP contribution in [-0.2, 0) is 0 Å². The Morgan fingerprint density at radius 2 is 1.77 bits per heavy atom. The monoisotopic (exact) mass is 292 g/mol. The average molecular weight is 292 g/mol. The lowest BCUT2D eigenvalue weighted by Crippen LogP contribution is -2.44. The van der Waals surface area contributed by atoms with E-state index < -0.39 is 0 Å². The van der Waals surface area contributed by atoms with E-state index in [-0.39, 0.29) is 0 Å². The molecule has 0 unspecified atom stereocenters. The standard InChI is InChI=1S/C18H20N4/c1-14-5-7-15(8-6-14)16-13-22-17(20-16)3-2-4-18(22)21-11-9-19-10-12-21/h2-8,13,19H,9-12H2,1H3. The molecule has 4 rings (SSSR count). The van der Waals surface area contributed by atoms with Crippen LogP contribution in [0.5, 0.6) is 0 Å². The number of hydrogen-bond acceptors (Lipinski definition) is 3. The Balaban J connectivity index is 1.78. The molecule has 1 N–H and O–H groups in total. The first-order valence-electron chi connectivity index (χ1n) is 7.82. The number of nitrogens with one attached hydrogen (secondary N) is 1. The highest BCUT2D eigenvalue weighted by Crippen LogP contribution is 2.24. The summed E-state index contributed by atoms with van der Waals surface area (Å²) in [6.45, 7) is 6.26. The number of fused-ring (bicyclic) bond motifs is 1. The number of aromatic nitrogens is 2. The molecule has 1 aliphatic rings.